The van der Waals surface area contributed by atoms with Crippen molar-refractivity contribution in [2.45, 2.75) is 33.4 Å². The van der Waals surface area contributed by atoms with Crippen molar-refractivity contribution >= 4 is 50.8 Å². The lowest BCUT2D eigenvalue weighted by Crippen LogP contribution is -2.21. The number of hydrogen-bond acceptors (Lipinski definition) is 8. The number of nitrogens with zero attached hydrogens (tertiary/aromatic N) is 3. The Bertz CT molecular complexity index is 1930. The van der Waals surface area contributed by atoms with E-state index in [0.717, 1.165) is 11.0 Å². The minimum absolute atomic E-state index is 0.0489. The highest BCUT2D eigenvalue weighted by Crippen LogP contribution is 2.33. The number of nitro groups is 1. The number of amides is 1. The summed E-state index contributed by atoms with van der Waals surface area (Å²) < 4.78 is 13.1. The second-order valence-electron chi connectivity index (χ2n) is 10.4. The third-order valence-electron chi connectivity index (χ3n) is 7.28. The fourth-order valence-electron chi connectivity index (χ4n) is 5.26. The van der Waals surface area contributed by atoms with Crippen molar-refractivity contribution in [3.05, 3.63) is 112 Å². The zero-order valence-corrected chi connectivity index (χ0v) is 25.3. The summed E-state index contributed by atoms with van der Waals surface area (Å²) in [6.45, 7) is 6.68. The van der Waals surface area contributed by atoms with E-state index in [4.69, 9.17) is 14.3 Å². The number of anilines is 1. The van der Waals surface area contributed by atoms with Crippen LogP contribution in [0.2, 0.25) is 0 Å². The number of hydrogen-bond donors (Lipinski definition) is 1. The first-order valence-corrected chi connectivity index (χ1v) is 14.3. The van der Waals surface area contributed by atoms with Crippen molar-refractivity contribution in [2.75, 3.05) is 19.0 Å². The number of Topliss-reactive ketones (excluding diaryl/α,β-unsaturated/α-hetero) is 1. The van der Waals surface area contributed by atoms with Crippen molar-refractivity contribution in [3.8, 4) is 5.75 Å². The first-order chi connectivity index (χ1) is 21.7. The number of nitro benzene ring substituents is 1. The number of fused-ring (bicyclic) bond motifs is 3. The highest BCUT2D eigenvalue weighted by Gasteiger charge is 2.23. The van der Waals surface area contributed by atoms with Crippen LogP contribution in [0.15, 0.2) is 90.1 Å². The standard InChI is InChI=1S/C34H32N4O7/c1-5-37-30-15-11-23(18-28(30)29-19-25(38(41)42)12-16-31(29)37)33(39)32(36-45-34(40)35-24-9-7-6-8-10-24)27-14-13-26(17-21(27)2)44-22(3)20-43-4/h6-19,22H,5,20H2,1-4H3,(H,35,40). The van der Waals surface area contributed by atoms with Crippen molar-refractivity contribution in [1.82, 2.24) is 4.57 Å². The minimum Gasteiger partial charge on any atom is -0.488 e. The van der Waals surface area contributed by atoms with Gasteiger partial charge in [-0.1, -0.05) is 23.4 Å². The third-order valence-corrected chi connectivity index (χ3v) is 7.28. The number of methoxy groups -OCH3 is 1. The fraction of sp³-hybridized carbons (Fsp3) is 0.206. The van der Waals surface area contributed by atoms with E-state index in [9.17, 15) is 19.7 Å². The molecule has 45 heavy (non-hydrogen) atoms. The average Bonchev–Trinajstić information content (AvgIpc) is 3.34. The molecule has 1 heterocycles. The lowest BCUT2D eigenvalue weighted by atomic mass is 9.96. The zero-order chi connectivity index (χ0) is 32.1. The number of aromatic nitrogens is 1. The maximum Gasteiger partial charge on any atom is 0.437 e. The van der Waals surface area contributed by atoms with Gasteiger partial charge in [-0.2, -0.15) is 0 Å². The van der Waals surface area contributed by atoms with E-state index in [1.54, 1.807) is 80.8 Å². The summed E-state index contributed by atoms with van der Waals surface area (Å²) >= 11 is 0. The molecule has 0 bridgehead atoms. The van der Waals surface area contributed by atoms with E-state index < -0.39 is 16.8 Å². The highest BCUT2D eigenvalue weighted by molar-refractivity contribution is 6.51. The second-order valence-corrected chi connectivity index (χ2v) is 10.4. The summed E-state index contributed by atoms with van der Waals surface area (Å²) in [5, 5.41) is 19.5. The molecule has 1 aromatic heterocycles. The van der Waals surface area contributed by atoms with Gasteiger partial charge in [0.2, 0.25) is 5.78 Å². The van der Waals surface area contributed by atoms with Crippen LogP contribution < -0.4 is 10.1 Å². The number of benzene rings is 4. The van der Waals surface area contributed by atoms with Gasteiger partial charge in [0, 0.05) is 64.4 Å². The highest BCUT2D eigenvalue weighted by atomic mass is 16.7. The van der Waals surface area contributed by atoms with Crippen molar-refractivity contribution in [2.24, 2.45) is 5.16 Å². The molecule has 1 atom stereocenters. The molecule has 11 nitrogen and oxygen atoms in total. The number of para-hydroxylation sites is 1. The molecule has 1 N–H and O–H groups in total. The van der Waals surface area contributed by atoms with Gasteiger partial charge in [-0.25, -0.2) is 4.79 Å². The second kappa shape index (κ2) is 13.4. The molecule has 5 rings (SSSR count). The SMILES string of the molecule is CCn1c2ccc(C(=O)C(=NOC(=O)Nc3ccccc3)c3ccc(OC(C)COC)cc3C)cc2c2cc([N+](=O)[O-])ccc21. The summed E-state index contributed by atoms with van der Waals surface area (Å²) in [7, 11) is 1.59. The molecule has 5 aromatic rings. The number of rotatable bonds is 11. The molecule has 230 valence electrons. The van der Waals surface area contributed by atoms with Crippen LogP contribution >= 0.6 is 0 Å². The smallest absolute Gasteiger partial charge is 0.437 e. The van der Waals surface area contributed by atoms with E-state index in [2.05, 4.69) is 10.5 Å². The summed E-state index contributed by atoms with van der Waals surface area (Å²) in [5.74, 6) is 0.0717. The third kappa shape index (κ3) is 6.68. The number of non-ortho nitro benzene ring substituents is 1. The Morgan fingerprint density at radius 2 is 1.69 bits per heavy atom. The van der Waals surface area contributed by atoms with Crippen LogP contribution in [0.25, 0.3) is 21.8 Å². The summed E-state index contributed by atoms with van der Waals surface area (Å²) in [6.07, 6.45) is -1.07. The first kappa shape index (κ1) is 30.9. The van der Waals surface area contributed by atoms with Crippen molar-refractivity contribution in [1.29, 1.82) is 0 Å². The van der Waals surface area contributed by atoms with Gasteiger partial charge in [0.25, 0.3) is 5.69 Å². The monoisotopic (exact) mass is 608 g/mol. The Morgan fingerprint density at radius 1 is 0.978 bits per heavy atom. The number of carbonyl (C=O) groups excluding carboxylic acids is 2. The Labute approximate surface area is 259 Å². The Kier molecular flexibility index (Phi) is 9.20. The topological polar surface area (TPSA) is 134 Å². The molecule has 4 aromatic carbocycles. The van der Waals surface area contributed by atoms with Crippen LogP contribution in [-0.2, 0) is 16.1 Å². The van der Waals surface area contributed by atoms with Gasteiger partial charge in [-0.05, 0) is 80.9 Å². The first-order valence-electron chi connectivity index (χ1n) is 14.3. The van der Waals surface area contributed by atoms with Crippen molar-refractivity contribution < 1.29 is 28.8 Å². The van der Waals surface area contributed by atoms with Gasteiger partial charge >= 0.3 is 6.09 Å². The van der Waals surface area contributed by atoms with Crippen LogP contribution in [0, 0.1) is 17.0 Å². The molecule has 0 spiro atoms. The van der Waals surface area contributed by atoms with Crippen LogP contribution in [0.4, 0.5) is 16.2 Å². The molecule has 1 amide bonds. The van der Waals surface area contributed by atoms with Crippen LogP contribution in [0.5, 0.6) is 5.75 Å². The van der Waals surface area contributed by atoms with E-state index in [1.165, 1.54) is 12.1 Å². The maximum absolute atomic E-state index is 14.1. The normalized spacial score (nSPS) is 12.2. The lowest BCUT2D eigenvalue weighted by Gasteiger charge is -2.16. The number of ether oxygens (including phenoxy) is 2. The van der Waals surface area contributed by atoms with Gasteiger partial charge in [0.15, 0.2) is 5.71 Å². The van der Waals surface area contributed by atoms with E-state index in [-0.39, 0.29) is 23.1 Å². The molecule has 0 radical (unpaired) electrons. The largest absolute Gasteiger partial charge is 0.488 e. The van der Waals surface area contributed by atoms with Gasteiger partial charge in [0.1, 0.15) is 11.9 Å². The molecule has 0 aliphatic rings. The number of carbonyl (C=O) groups is 2. The molecule has 1 unspecified atom stereocenters. The summed E-state index contributed by atoms with van der Waals surface area (Å²) in [5.41, 5.74) is 3.35. The Morgan fingerprint density at radius 3 is 2.36 bits per heavy atom. The fourth-order valence-corrected chi connectivity index (χ4v) is 5.26. The van der Waals surface area contributed by atoms with Crippen LogP contribution in [0.1, 0.15) is 35.3 Å². The molecule has 0 saturated heterocycles. The van der Waals surface area contributed by atoms with E-state index >= 15 is 0 Å². The van der Waals surface area contributed by atoms with Crippen LogP contribution in [0.3, 0.4) is 0 Å². The Balaban J connectivity index is 1.56. The van der Waals surface area contributed by atoms with Gasteiger partial charge in [-0.15, -0.1) is 0 Å². The zero-order valence-electron chi connectivity index (χ0n) is 25.3. The predicted octanol–water partition coefficient (Wildman–Crippen LogP) is 7.28. The average molecular weight is 609 g/mol. The number of ketones is 1. The molecule has 0 aliphatic heterocycles. The van der Waals surface area contributed by atoms with Gasteiger partial charge in [0.05, 0.1) is 11.5 Å². The molecule has 0 fully saturated rings. The van der Waals surface area contributed by atoms with Crippen molar-refractivity contribution in [3.63, 3.8) is 0 Å². The predicted molar refractivity (Wildman–Crippen MR) is 172 cm³/mol. The molecule has 0 saturated carbocycles. The number of oxime groups is 1. The number of nitrogens with one attached hydrogen (secondary N) is 1. The van der Waals surface area contributed by atoms with Gasteiger partial charge in [-0.3, -0.25) is 25.1 Å². The van der Waals surface area contributed by atoms with Gasteiger partial charge < -0.3 is 14.0 Å². The van der Waals surface area contributed by atoms with Crippen LogP contribution in [-0.4, -0.2) is 46.9 Å². The molecule has 0 aliphatic carbocycles. The molecule has 11 heteroatoms. The summed E-state index contributed by atoms with van der Waals surface area (Å²) in [6, 6.07) is 23.7. The maximum atomic E-state index is 14.1. The number of aryl methyl sites for hydroxylation is 2. The Hall–Kier alpha value is -5.55. The minimum atomic E-state index is -0.869. The molecular weight excluding hydrogens is 576 g/mol. The molecular formula is C34H32N4O7. The van der Waals surface area contributed by atoms with E-state index in [1.807, 2.05) is 24.5 Å². The lowest BCUT2D eigenvalue weighted by molar-refractivity contribution is -0.384. The van der Waals surface area contributed by atoms with E-state index in [0.29, 0.717) is 46.5 Å². The quantitative estimate of drug-likeness (QED) is 0.0547. The summed E-state index contributed by atoms with van der Waals surface area (Å²) in [4.78, 5) is 43.1.